The van der Waals surface area contributed by atoms with Gasteiger partial charge in [0, 0.05) is 6.42 Å². The largest absolute Gasteiger partial charge is 0.302 e. The van der Waals surface area contributed by atoms with Crippen LogP contribution in [0.1, 0.15) is 11.1 Å². The first-order valence-corrected chi connectivity index (χ1v) is 8.17. The van der Waals surface area contributed by atoms with Crippen molar-refractivity contribution >= 4 is 47.4 Å². The number of halogens is 3. The molecule has 0 bridgehead atoms. The van der Waals surface area contributed by atoms with E-state index >= 15 is 0 Å². The Kier molecular flexibility index (Phi) is 8.93. The van der Waals surface area contributed by atoms with Gasteiger partial charge in [0.05, 0.1) is 5.38 Å². The Morgan fingerprint density at radius 1 is 0.870 bits per heavy atom. The molecule has 0 aromatic heterocycles. The smallest absolute Gasteiger partial charge is 0.176 e. The van der Waals surface area contributed by atoms with Gasteiger partial charge in [0.25, 0.3) is 0 Å². The highest BCUT2D eigenvalue weighted by molar-refractivity contribution is 6.55. The lowest BCUT2D eigenvalue weighted by atomic mass is 10.1. The van der Waals surface area contributed by atoms with Crippen LogP contribution >= 0.6 is 34.8 Å². The Bertz CT molecular complexity index is 586. The summed E-state index contributed by atoms with van der Waals surface area (Å²) in [5, 5.41) is -0.391. The van der Waals surface area contributed by atoms with E-state index in [1.165, 1.54) is 0 Å². The summed E-state index contributed by atoms with van der Waals surface area (Å²) >= 11 is 16.9. The molecule has 0 N–H and O–H groups in total. The molecular formula is C18H17Cl3O2. The second-order valence-electron chi connectivity index (χ2n) is 4.88. The van der Waals surface area contributed by atoms with Crippen molar-refractivity contribution in [3.05, 3.63) is 71.8 Å². The third-order valence-corrected chi connectivity index (χ3v) is 3.58. The highest BCUT2D eigenvalue weighted by Gasteiger charge is 2.22. The average molecular weight is 372 g/mol. The van der Waals surface area contributed by atoms with E-state index in [1.807, 2.05) is 60.7 Å². The number of benzene rings is 2. The Labute approximate surface area is 151 Å². The fraction of sp³-hybridized carbons (Fsp3) is 0.222. The second-order valence-corrected chi connectivity index (χ2v) is 6.99. The summed E-state index contributed by atoms with van der Waals surface area (Å²) < 4.78 is -1.29. The molecule has 1 atom stereocenters. The molecule has 2 aromatic carbocycles. The van der Waals surface area contributed by atoms with E-state index in [0.29, 0.717) is 19.1 Å². The average Bonchev–Trinajstić information content (AvgIpc) is 2.57. The van der Waals surface area contributed by atoms with Crippen LogP contribution in [0.15, 0.2) is 60.7 Å². The fourth-order valence-corrected chi connectivity index (χ4v) is 2.28. The molecule has 2 aromatic rings. The van der Waals surface area contributed by atoms with Crippen LogP contribution in [0.3, 0.4) is 0 Å². The third-order valence-electron chi connectivity index (χ3n) is 2.88. The first kappa shape index (κ1) is 19.7. The van der Waals surface area contributed by atoms with Crippen molar-refractivity contribution in [1.29, 1.82) is 0 Å². The van der Waals surface area contributed by atoms with Gasteiger partial charge in [-0.2, -0.15) is 0 Å². The number of hydrogen-bond acceptors (Lipinski definition) is 2. The van der Waals surface area contributed by atoms with Gasteiger partial charge in [-0.3, -0.25) is 4.79 Å². The summed E-state index contributed by atoms with van der Waals surface area (Å²) in [6, 6.07) is 19.1. The zero-order valence-corrected chi connectivity index (χ0v) is 14.6. The summed E-state index contributed by atoms with van der Waals surface area (Å²) in [6.45, 7) is 0. The van der Waals surface area contributed by atoms with Gasteiger partial charge in [0.15, 0.2) is 10.6 Å². The molecule has 0 spiro atoms. The molecule has 122 valence electrons. The van der Waals surface area contributed by atoms with Crippen LogP contribution in [-0.4, -0.2) is 22.3 Å². The Balaban J connectivity index is 0.000000231. The second kappa shape index (κ2) is 10.4. The lowest BCUT2D eigenvalue weighted by Gasteiger charge is -2.10. The van der Waals surface area contributed by atoms with Crippen molar-refractivity contribution in [1.82, 2.24) is 0 Å². The van der Waals surface area contributed by atoms with E-state index in [4.69, 9.17) is 34.8 Å². The number of alkyl halides is 3. The van der Waals surface area contributed by atoms with Crippen LogP contribution in [0, 0.1) is 0 Å². The van der Waals surface area contributed by atoms with Crippen LogP contribution in [0.2, 0.25) is 0 Å². The van der Waals surface area contributed by atoms with E-state index < -0.39 is 9.71 Å². The van der Waals surface area contributed by atoms with Gasteiger partial charge in [-0.1, -0.05) is 83.9 Å². The SMILES string of the molecule is O=CC(Cl)(Cl)Cc1ccccc1.O=C[C@H](Cl)Cc1ccccc1. The molecule has 0 aliphatic rings. The van der Waals surface area contributed by atoms with Gasteiger partial charge in [-0.05, 0) is 17.5 Å². The first-order valence-electron chi connectivity index (χ1n) is 6.98. The lowest BCUT2D eigenvalue weighted by Crippen LogP contribution is -2.17. The standard InChI is InChI=1S/C9H8Cl2O.C9H9ClO/c10-9(11,7-12)6-8-4-2-1-3-5-8;10-9(7-11)6-8-4-2-1-3-5-8/h1-5,7H,6H2;1-5,7,9H,6H2/t;9-/m.1/s1. The van der Waals surface area contributed by atoms with Crippen molar-refractivity contribution < 1.29 is 9.59 Å². The van der Waals surface area contributed by atoms with E-state index in [2.05, 4.69) is 0 Å². The molecule has 0 aliphatic heterocycles. The van der Waals surface area contributed by atoms with Crippen LogP contribution < -0.4 is 0 Å². The zero-order chi connectivity index (χ0) is 17.1. The van der Waals surface area contributed by atoms with Gasteiger partial charge in [0.2, 0.25) is 0 Å². The molecule has 0 unspecified atom stereocenters. The molecular weight excluding hydrogens is 355 g/mol. The number of rotatable bonds is 6. The minimum atomic E-state index is -1.29. The summed E-state index contributed by atoms with van der Waals surface area (Å²) in [7, 11) is 0. The minimum Gasteiger partial charge on any atom is -0.302 e. The summed E-state index contributed by atoms with van der Waals surface area (Å²) in [5.74, 6) is 0. The fourth-order valence-electron chi connectivity index (χ4n) is 1.80. The van der Waals surface area contributed by atoms with Crippen molar-refractivity contribution in [2.24, 2.45) is 0 Å². The quantitative estimate of drug-likeness (QED) is 0.547. The molecule has 0 radical (unpaired) electrons. The lowest BCUT2D eigenvalue weighted by molar-refractivity contribution is -0.108. The van der Waals surface area contributed by atoms with Crippen molar-refractivity contribution in [3.63, 3.8) is 0 Å². The third kappa shape index (κ3) is 8.75. The highest BCUT2D eigenvalue weighted by Crippen LogP contribution is 2.23. The van der Waals surface area contributed by atoms with Crippen LogP contribution in [0.25, 0.3) is 0 Å². The van der Waals surface area contributed by atoms with Crippen molar-refractivity contribution in [3.8, 4) is 0 Å². The Morgan fingerprint density at radius 2 is 1.35 bits per heavy atom. The zero-order valence-electron chi connectivity index (χ0n) is 12.4. The summed E-state index contributed by atoms with van der Waals surface area (Å²) in [4.78, 5) is 20.5. The predicted octanol–water partition coefficient (Wildman–Crippen LogP) is 4.64. The normalized spacial score (nSPS) is 11.8. The van der Waals surface area contributed by atoms with Crippen LogP contribution in [0.4, 0.5) is 0 Å². The Hall–Kier alpha value is -1.35. The molecule has 2 rings (SSSR count). The number of aldehydes is 2. The van der Waals surface area contributed by atoms with E-state index in [1.54, 1.807) is 0 Å². The van der Waals surface area contributed by atoms with Gasteiger partial charge in [-0.15, -0.1) is 11.6 Å². The molecule has 5 heteroatoms. The number of carbonyl (C=O) groups excluding carboxylic acids is 2. The molecule has 0 amide bonds. The van der Waals surface area contributed by atoms with Gasteiger partial charge < -0.3 is 4.79 Å². The Morgan fingerprint density at radius 3 is 1.78 bits per heavy atom. The van der Waals surface area contributed by atoms with E-state index in [9.17, 15) is 9.59 Å². The number of carbonyl (C=O) groups is 2. The maximum absolute atomic E-state index is 10.4. The molecule has 0 saturated carbocycles. The molecule has 2 nitrogen and oxygen atoms in total. The van der Waals surface area contributed by atoms with E-state index in [0.717, 1.165) is 17.4 Å². The first-order chi connectivity index (χ1) is 11.0. The van der Waals surface area contributed by atoms with Crippen molar-refractivity contribution in [2.75, 3.05) is 0 Å². The maximum atomic E-state index is 10.4. The molecule has 0 heterocycles. The van der Waals surface area contributed by atoms with Crippen LogP contribution in [-0.2, 0) is 22.4 Å². The van der Waals surface area contributed by atoms with Gasteiger partial charge >= 0.3 is 0 Å². The summed E-state index contributed by atoms with van der Waals surface area (Å²) in [5.41, 5.74) is 2.05. The molecule has 0 fully saturated rings. The van der Waals surface area contributed by atoms with E-state index in [-0.39, 0.29) is 0 Å². The minimum absolute atomic E-state index is 0.348. The molecule has 0 saturated heterocycles. The summed E-state index contributed by atoms with van der Waals surface area (Å²) in [6.07, 6.45) is 2.27. The topological polar surface area (TPSA) is 34.1 Å². The van der Waals surface area contributed by atoms with Gasteiger partial charge in [-0.25, -0.2) is 0 Å². The maximum Gasteiger partial charge on any atom is 0.176 e. The molecule has 0 aliphatic carbocycles. The molecule has 23 heavy (non-hydrogen) atoms. The monoisotopic (exact) mass is 370 g/mol. The highest BCUT2D eigenvalue weighted by atomic mass is 35.5. The van der Waals surface area contributed by atoms with Gasteiger partial charge in [0.1, 0.15) is 6.29 Å². The number of hydrogen-bond donors (Lipinski definition) is 0. The van der Waals surface area contributed by atoms with Crippen LogP contribution in [0.5, 0.6) is 0 Å². The van der Waals surface area contributed by atoms with Crippen molar-refractivity contribution in [2.45, 2.75) is 22.6 Å². The predicted molar refractivity (Wildman–Crippen MR) is 96.5 cm³/mol.